The second kappa shape index (κ2) is 14.7. The van der Waals surface area contributed by atoms with Gasteiger partial charge in [-0.1, -0.05) is 37.6 Å². The smallest absolute Gasteiger partial charge is 0.407 e. The lowest BCUT2D eigenvalue weighted by Gasteiger charge is -2.23. The highest BCUT2D eigenvalue weighted by molar-refractivity contribution is 5.92. The van der Waals surface area contributed by atoms with Gasteiger partial charge in [-0.2, -0.15) is 0 Å². The molecule has 3 amide bonds. The Labute approximate surface area is 219 Å². The number of amides is 3. The molecule has 0 spiro atoms. The van der Waals surface area contributed by atoms with Gasteiger partial charge in [-0.05, 0) is 62.6 Å². The predicted molar refractivity (Wildman–Crippen MR) is 143 cm³/mol. The van der Waals surface area contributed by atoms with E-state index < -0.39 is 17.7 Å². The van der Waals surface area contributed by atoms with Crippen molar-refractivity contribution in [2.75, 3.05) is 25.2 Å². The van der Waals surface area contributed by atoms with Crippen LogP contribution in [0.25, 0.3) is 0 Å². The van der Waals surface area contributed by atoms with Crippen LogP contribution in [-0.4, -0.2) is 44.0 Å². The Kier molecular flexibility index (Phi) is 11.7. The highest BCUT2D eigenvalue weighted by Gasteiger charge is 2.18. The molecule has 0 bridgehead atoms. The predicted octanol–water partition coefficient (Wildman–Crippen LogP) is 5.17. The lowest BCUT2D eigenvalue weighted by Crippen LogP contribution is -2.41. The molecule has 0 heterocycles. The van der Waals surface area contributed by atoms with Gasteiger partial charge in [0.15, 0.2) is 0 Å². The molecule has 37 heavy (non-hydrogen) atoms. The highest BCUT2D eigenvalue weighted by atomic mass is 16.6. The van der Waals surface area contributed by atoms with Gasteiger partial charge in [0, 0.05) is 25.3 Å². The van der Waals surface area contributed by atoms with Crippen molar-refractivity contribution in [2.24, 2.45) is 0 Å². The topological polar surface area (TPSA) is 106 Å². The van der Waals surface area contributed by atoms with Crippen LogP contribution in [-0.2, 0) is 27.4 Å². The lowest BCUT2D eigenvalue weighted by molar-refractivity contribution is -0.140. The molecular weight excluding hydrogens is 474 g/mol. The van der Waals surface area contributed by atoms with Crippen LogP contribution < -0.4 is 20.3 Å². The number of alkyl carbamates (subject to hydrolysis) is 1. The third-order valence-corrected chi connectivity index (χ3v) is 5.20. The van der Waals surface area contributed by atoms with Gasteiger partial charge in [0.1, 0.15) is 11.4 Å². The fourth-order valence-corrected chi connectivity index (χ4v) is 3.32. The van der Waals surface area contributed by atoms with Crippen molar-refractivity contribution < 1.29 is 28.6 Å². The van der Waals surface area contributed by atoms with Crippen molar-refractivity contribution in [3.8, 4) is 5.75 Å². The zero-order chi connectivity index (χ0) is 27.3. The third-order valence-electron chi connectivity index (χ3n) is 5.20. The molecule has 0 aromatic heterocycles. The number of anilines is 1. The number of urea groups is 1. The summed E-state index contributed by atoms with van der Waals surface area (Å²) < 4.78 is 15.7. The second-order valence-electron chi connectivity index (χ2n) is 9.51. The van der Waals surface area contributed by atoms with Crippen molar-refractivity contribution >= 4 is 23.8 Å². The van der Waals surface area contributed by atoms with Gasteiger partial charge in [0.2, 0.25) is 0 Å². The number of carbonyl (C=O) groups excluding carboxylic acids is 3. The van der Waals surface area contributed by atoms with Crippen LogP contribution in [0.3, 0.4) is 0 Å². The quantitative estimate of drug-likeness (QED) is 0.300. The lowest BCUT2D eigenvalue weighted by atomic mass is 10.1. The largest absolute Gasteiger partial charge is 0.494 e. The summed E-state index contributed by atoms with van der Waals surface area (Å²) in [5.74, 6) is 0.324. The molecule has 0 aliphatic rings. The van der Waals surface area contributed by atoms with Gasteiger partial charge >= 0.3 is 18.1 Å². The minimum atomic E-state index is -0.571. The number of esters is 1. The number of rotatable bonds is 12. The summed E-state index contributed by atoms with van der Waals surface area (Å²) in [5.41, 5.74) is 1.81. The fourth-order valence-electron chi connectivity index (χ4n) is 3.32. The molecule has 9 nitrogen and oxygen atoms in total. The molecule has 0 unspecified atom stereocenters. The first-order valence-electron chi connectivity index (χ1n) is 12.5. The van der Waals surface area contributed by atoms with E-state index in [0.29, 0.717) is 18.8 Å². The summed E-state index contributed by atoms with van der Waals surface area (Å²) in [5, 5.41) is 5.64. The van der Waals surface area contributed by atoms with Gasteiger partial charge < -0.3 is 24.8 Å². The van der Waals surface area contributed by atoms with Crippen LogP contribution >= 0.6 is 0 Å². The molecule has 0 radical (unpaired) electrons. The molecule has 0 fully saturated rings. The van der Waals surface area contributed by atoms with Crippen molar-refractivity contribution in [1.29, 1.82) is 0 Å². The first-order chi connectivity index (χ1) is 17.6. The Hall–Kier alpha value is -3.75. The third kappa shape index (κ3) is 11.2. The second-order valence-corrected chi connectivity index (χ2v) is 9.51. The molecule has 0 saturated heterocycles. The molecule has 2 aromatic carbocycles. The van der Waals surface area contributed by atoms with E-state index in [-0.39, 0.29) is 25.5 Å². The molecular formula is C28H39N3O6. The zero-order valence-corrected chi connectivity index (χ0v) is 22.5. The summed E-state index contributed by atoms with van der Waals surface area (Å²) in [6.07, 6.45) is 1.58. The number of methoxy groups -OCH3 is 1. The number of nitrogens with zero attached hydrogens (tertiary/aromatic N) is 1. The van der Waals surface area contributed by atoms with E-state index in [9.17, 15) is 14.4 Å². The molecule has 9 heteroatoms. The minimum absolute atomic E-state index is 0.0600. The van der Waals surface area contributed by atoms with E-state index >= 15 is 0 Å². The Morgan fingerprint density at radius 2 is 1.59 bits per heavy atom. The molecule has 0 aliphatic carbocycles. The zero-order valence-electron chi connectivity index (χ0n) is 22.5. The Morgan fingerprint density at radius 1 is 0.946 bits per heavy atom. The standard InChI is InChI=1S/C28H39N3O6/c1-6-7-17-36-24-13-11-23(12-14-24)31(16-15-25(32)35-5)26(33)29-19-21-9-8-10-22(18-21)20-30-27(34)37-28(2,3)4/h8-14,18H,6-7,15-17,19-20H2,1-5H3,(H,29,33)(H,30,34). The number of ether oxygens (including phenoxy) is 3. The molecule has 0 saturated carbocycles. The van der Waals surface area contributed by atoms with E-state index in [2.05, 4.69) is 17.6 Å². The van der Waals surface area contributed by atoms with Crippen LogP contribution in [0.4, 0.5) is 15.3 Å². The average molecular weight is 514 g/mol. The summed E-state index contributed by atoms with van der Waals surface area (Å²) in [7, 11) is 1.32. The molecule has 2 N–H and O–H groups in total. The molecule has 2 rings (SSSR count). The Bertz CT molecular complexity index is 1020. The first-order valence-corrected chi connectivity index (χ1v) is 12.5. The average Bonchev–Trinajstić information content (AvgIpc) is 2.86. The van der Waals surface area contributed by atoms with Crippen LogP contribution in [0.15, 0.2) is 48.5 Å². The number of carbonyl (C=O) groups is 3. The van der Waals surface area contributed by atoms with Crippen molar-refractivity contribution in [2.45, 2.75) is 65.6 Å². The molecule has 0 aliphatic heterocycles. The highest BCUT2D eigenvalue weighted by Crippen LogP contribution is 2.21. The summed E-state index contributed by atoms with van der Waals surface area (Å²) >= 11 is 0. The number of hydrogen-bond acceptors (Lipinski definition) is 6. The van der Waals surface area contributed by atoms with E-state index in [4.69, 9.17) is 14.2 Å². The van der Waals surface area contributed by atoms with Gasteiger partial charge in [0.25, 0.3) is 0 Å². The maximum absolute atomic E-state index is 13.1. The minimum Gasteiger partial charge on any atom is -0.494 e. The number of nitrogens with one attached hydrogen (secondary N) is 2. The van der Waals surface area contributed by atoms with Gasteiger partial charge in [0.05, 0.1) is 20.1 Å². The van der Waals surface area contributed by atoms with Crippen molar-refractivity contribution in [3.05, 3.63) is 59.7 Å². The van der Waals surface area contributed by atoms with Crippen molar-refractivity contribution in [1.82, 2.24) is 10.6 Å². The molecule has 2 aromatic rings. The summed E-state index contributed by atoms with van der Waals surface area (Å²) in [6.45, 7) is 8.88. The summed E-state index contributed by atoms with van der Waals surface area (Å²) in [6, 6.07) is 14.4. The van der Waals surface area contributed by atoms with Gasteiger partial charge in [-0.3, -0.25) is 9.69 Å². The number of unbranched alkanes of at least 4 members (excludes halogenated alkanes) is 1. The van der Waals surface area contributed by atoms with Crippen LogP contribution in [0.5, 0.6) is 5.75 Å². The van der Waals surface area contributed by atoms with E-state index in [0.717, 1.165) is 29.7 Å². The fraction of sp³-hybridized carbons (Fsp3) is 0.464. The Balaban J connectivity index is 2.01. The monoisotopic (exact) mass is 513 g/mol. The SMILES string of the molecule is CCCCOc1ccc(N(CCC(=O)OC)C(=O)NCc2cccc(CNC(=O)OC(C)(C)C)c2)cc1. The number of benzene rings is 2. The Morgan fingerprint density at radius 3 is 2.19 bits per heavy atom. The normalized spacial score (nSPS) is 10.8. The van der Waals surface area contributed by atoms with Gasteiger partial charge in [-0.25, -0.2) is 9.59 Å². The van der Waals surface area contributed by atoms with Crippen LogP contribution in [0.2, 0.25) is 0 Å². The van der Waals surface area contributed by atoms with E-state index in [1.165, 1.54) is 12.0 Å². The van der Waals surface area contributed by atoms with Crippen molar-refractivity contribution in [3.63, 3.8) is 0 Å². The summed E-state index contributed by atoms with van der Waals surface area (Å²) in [4.78, 5) is 38.3. The number of hydrogen-bond donors (Lipinski definition) is 2. The van der Waals surface area contributed by atoms with Gasteiger partial charge in [-0.15, -0.1) is 0 Å². The van der Waals surface area contributed by atoms with Crippen LogP contribution in [0, 0.1) is 0 Å². The van der Waals surface area contributed by atoms with Crippen LogP contribution in [0.1, 0.15) is 58.1 Å². The van der Waals surface area contributed by atoms with E-state index in [1.54, 1.807) is 32.9 Å². The maximum Gasteiger partial charge on any atom is 0.407 e. The first kappa shape index (κ1) is 29.5. The molecule has 0 atom stereocenters. The van der Waals surface area contributed by atoms with E-state index in [1.807, 2.05) is 36.4 Å². The maximum atomic E-state index is 13.1. The molecule has 202 valence electrons.